The standard InChI is InChI=1S/C27H37N7O6/c1-34(16-23(36)37)26(40)22(15-17-6-3-2-4-7-17)33-25(39)21(8-5-13-31-27(29)30)32-24(38)20(28)14-18-9-11-19(35)12-10-18/h2-4,6-7,9-12,20-22,35H,5,8,13-16,28H2,1H3,(H,32,38)(H,33,39)(H,36,37)(H4,29,30,31)/t20-,21+,22-/m0/s1. The van der Waals surface area contributed by atoms with Gasteiger partial charge in [0.15, 0.2) is 5.96 Å². The van der Waals surface area contributed by atoms with Crippen molar-refractivity contribution in [3.63, 3.8) is 0 Å². The molecule has 0 saturated carbocycles. The number of carboxylic acids is 1. The number of nitrogens with one attached hydrogen (secondary N) is 2. The third-order valence-electron chi connectivity index (χ3n) is 5.95. The number of phenolic OH excluding ortho intramolecular Hbond substituents is 1. The van der Waals surface area contributed by atoms with Crippen molar-refractivity contribution < 1.29 is 29.4 Å². The minimum Gasteiger partial charge on any atom is -0.508 e. The summed E-state index contributed by atoms with van der Waals surface area (Å²) in [7, 11) is 1.33. The van der Waals surface area contributed by atoms with E-state index >= 15 is 0 Å². The molecule has 3 atom stereocenters. The van der Waals surface area contributed by atoms with E-state index in [0.29, 0.717) is 12.0 Å². The van der Waals surface area contributed by atoms with Crippen LogP contribution in [0.2, 0.25) is 0 Å². The van der Waals surface area contributed by atoms with E-state index < -0.39 is 48.4 Å². The molecular weight excluding hydrogens is 518 g/mol. The monoisotopic (exact) mass is 555 g/mol. The topological polar surface area (TPSA) is 226 Å². The molecule has 0 radical (unpaired) electrons. The van der Waals surface area contributed by atoms with E-state index in [-0.39, 0.29) is 37.5 Å². The van der Waals surface area contributed by atoms with E-state index in [1.54, 1.807) is 42.5 Å². The molecule has 2 rings (SSSR count). The van der Waals surface area contributed by atoms with Crippen LogP contribution in [-0.4, -0.2) is 83.0 Å². The Hall–Kier alpha value is -4.65. The molecule has 13 heteroatoms. The van der Waals surface area contributed by atoms with E-state index in [1.807, 2.05) is 0 Å². The highest BCUT2D eigenvalue weighted by atomic mass is 16.4. The van der Waals surface area contributed by atoms with Crippen LogP contribution in [0.3, 0.4) is 0 Å². The van der Waals surface area contributed by atoms with Gasteiger partial charge in [0, 0.05) is 20.0 Å². The lowest BCUT2D eigenvalue weighted by molar-refractivity contribution is -0.145. The van der Waals surface area contributed by atoms with Gasteiger partial charge in [-0.15, -0.1) is 0 Å². The van der Waals surface area contributed by atoms with Crippen molar-refractivity contribution in [2.45, 2.75) is 43.8 Å². The maximum atomic E-state index is 13.4. The van der Waals surface area contributed by atoms with Crippen LogP contribution in [0.25, 0.3) is 0 Å². The van der Waals surface area contributed by atoms with E-state index in [1.165, 1.54) is 19.2 Å². The van der Waals surface area contributed by atoms with E-state index in [9.17, 15) is 24.3 Å². The predicted molar refractivity (Wildman–Crippen MR) is 149 cm³/mol. The molecule has 0 aliphatic rings. The summed E-state index contributed by atoms with van der Waals surface area (Å²) >= 11 is 0. The first-order chi connectivity index (χ1) is 19.0. The van der Waals surface area contributed by atoms with Gasteiger partial charge in [0.05, 0.1) is 6.04 Å². The highest BCUT2D eigenvalue weighted by Crippen LogP contribution is 2.12. The number of nitrogens with two attached hydrogens (primary N) is 3. The molecule has 0 heterocycles. The summed E-state index contributed by atoms with van der Waals surface area (Å²) in [6.07, 6.45) is 0.727. The van der Waals surface area contributed by atoms with Crippen molar-refractivity contribution in [1.82, 2.24) is 15.5 Å². The van der Waals surface area contributed by atoms with Crippen LogP contribution < -0.4 is 27.8 Å². The lowest BCUT2D eigenvalue weighted by atomic mass is 10.0. The number of carbonyl (C=O) groups is 4. The minimum atomic E-state index is -1.20. The second-order valence-corrected chi connectivity index (χ2v) is 9.33. The molecule has 2 aromatic carbocycles. The number of aromatic hydroxyl groups is 1. The van der Waals surface area contributed by atoms with Gasteiger partial charge in [0.1, 0.15) is 24.4 Å². The maximum Gasteiger partial charge on any atom is 0.323 e. The first-order valence-electron chi connectivity index (χ1n) is 12.7. The van der Waals surface area contributed by atoms with Crippen molar-refractivity contribution >= 4 is 29.7 Å². The van der Waals surface area contributed by atoms with Crippen LogP contribution in [-0.2, 0) is 32.0 Å². The lowest BCUT2D eigenvalue weighted by Gasteiger charge is -2.26. The van der Waals surface area contributed by atoms with Gasteiger partial charge in [0.2, 0.25) is 17.7 Å². The molecule has 2 aromatic rings. The van der Waals surface area contributed by atoms with Crippen molar-refractivity contribution in [1.29, 1.82) is 0 Å². The Morgan fingerprint density at radius 1 is 0.900 bits per heavy atom. The normalized spacial score (nSPS) is 12.8. The second-order valence-electron chi connectivity index (χ2n) is 9.33. The maximum absolute atomic E-state index is 13.4. The Kier molecular flexibility index (Phi) is 12.4. The molecule has 0 aliphatic heterocycles. The average Bonchev–Trinajstić information content (AvgIpc) is 2.90. The number of aliphatic imine (C=N–C) groups is 1. The molecule has 3 amide bonds. The molecule has 10 N–H and O–H groups in total. The van der Waals surface area contributed by atoms with Crippen molar-refractivity contribution in [3.05, 3.63) is 65.7 Å². The van der Waals surface area contributed by atoms with Gasteiger partial charge in [-0.3, -0.25) is 24.2 Å². The van der Waals surface area contributed by atoms with Crippen molar-refractivity contribution in [3.8, 4) is 5.75 Å². The quantitative estimate of drug-likeness (QED) is 0.0817. The molecule has 216 valence electrons. The molecule has 0 aliphatic carbocycles. The number of amides is 3. The zero-order valence-electron chi connectivity index (χ0n) is 22.3. The van der Waals surface area contributed by atoms with Crippen molar-refractivity contribution in [2.24, 2.45) is 22.2 Å². The molecule has 40 heavy (non-hydrogen) atoms. The Morgan fingerprint density at radius 2 is 1.50 bits per heavy atom. The number of carboxylic acid groups (broad SMARTS) is 1. The fourth-order valence-electron chi connectivity index (χ4n) is 3.90. The van der Waals surface area contributed by atoms with Gasteiger partial charge in [0.25, 0.3) is 0 Å². The zero-order valence-corrected chi connectivity index (χ0v) is 22.3. The first kappa shape index (κ1) is 31.6. The molecule has 0 spiro atoms. The largest absolute Gasteiger partial charge is 0.508 e. The Labute approximate surface area is 232 Å². The molecule has 0 fully saturated rings. The molecule has 0 saturated heterocycles. The van der Waals surface area contributed by atoms with Gasteiger partial charge in [-0.2, -0.15) is 0 Å². The molecular formula is C27H37N7O6. The highest BCUT2D eigenvalue weighted by molar-refractivity contribution is 5.93. The van der Waals surface area contributed by atoms with Crippen LogP contribution in [0, 0.1) is 0 Å². The minimum absolute atomic E-state index is 0.0767. The first-order valence-corrected chi connectivity index (χ1v) is 12.7. The third-order valence-corrected chi connectivity index (χ3v) is 5.95. The van der Waals surface area contributed by atoms with E-state index in [2.05, 4.69) is 15.6 Å². The average molecular weight is 556 g/mol. The second kappa shape index (κ2) is 15.7. The summed E-state index contributed by atoms with van der Waals surface area (Å²) in [5.41, 5.74) is 18.3. The summed E-state index contributed by atoms with van der Waals surface area (Å²) < 4.78 is 0. The highest BCUT2D eigenvalue weighted by Gasteiger charge is 2.30. The smallest absolute Gasteiger partial charge is 0.323 e. The number of hydrogen-bond donors (Lipinski definition) is 7. The lowest BCUT2D eigenvalue weighted by Crippen LogP contribution is -2.57. The Balaban J connectivity index is 2.20. The van der Waals surface area contributed by atoms with E-state index in [4.69, 9.17) is 22.3 Å². The number of benzene rings is 2. The SMILES string of the molecule is CN(CC(=O)O)C(=O)[C@H](Cc1ccccc1)NC(=O)[C@@H](CCCN=C(N)N)NC(=O)[C@@H](N)Cc1ccc(O)cc1. The Bertz CT molecular complexity index is 1170. The van der Waals surface area contributed by atoms with Gasteiger partial charge < -0.3 is 42.9 Å². The number of hydrogen-bond acceptors (Lipinski definition) is 7. The van der Waals surface area contributed by atoms with Gasteiger partial charge in [-0.25, -0.2) is 0 Å². The molecule has 13 nitrogen and oxygen atoms in total. The molecule has 0 unspecified atom stereocenters. The summed E-state index contributed by atoms with van der Waals surface area (Å²) in [6.45, 7) is -0.347. The number of nitrogens with zero attached hydrogens (tertiary/aromatic N) is 2. The summed E-state index contributed by atoms with van der Waals surface area (Å²) in [5, 5.41) is 23.9. The zero-order chi connectivity index (χ0) is 29.7. The van der Waals surface area contributed by atoms with Crippen LogP contribution in [0.1, 0.15) is 24.0 Å². The van der Waals surface area contributed by atoms with Crippen LogP contribution in [0.4, 0.5) is 0 Å². The predicted octanol–water partition coefficient (Wildman–Crippen LogP) is -0.929. The molecule has 0 aromatic heterocycles. The van der Waals surface area contributed by atoms with Gasteiger partial charge in [-0.1, -0.05) is 42.5 Å². The number of phenols is 1. The fourth-order valence-corrected chi connectivity index (χ4v) is 3.90. The Morgan fingerprint density at radius 3 is 2.10 bits per heavy atom. The number of rotatable bonds is 15. The number of aliphatic carboxylic acids is 1. The molecule has 0 bridgehead atoms. The van der Waals surface area contributed by atoms with Crippen LogP contribution in [0.5, 0.6) is 5.75 Å². The van der Waals surface area contributed by atoms with E-state index in [0.717, 1.165) is 10.5 Å². The fraction of sp³-hybridized carbons (Fsp3) is 0.370. The van der Waals surface area contributed by atoms with Crippen LogP contribution >= 0.6 is 0 Å². The summed E-state index contributed by atoms with van der Waals surface area (Å²) in [6, 6.07) is 12.0. The summed E-state index contributed by atoms with van der Waals surface area (Å²) in [4.78, 5) is 55.5. The van der Waals surface area contributed by atoms with Gasteiger partial charge in [-0.05, 0) is 42.5 Å². The number of likely N-dealkylation sites (N-methyl/N-ethyl adjacent to an activating group) is 1. The third kappa shape index (κ3) is 11.0. The number of carbonyl (C=O) groups excluding carboxylic acids is 3. The van der Waals surface area contributed by atoms with Gasteiger partial charge >= 0.3 is 5.97 Å². The summed E-state index contributed by atoms with van der Waals surface area (Å²) in [5.74, 6) is -3.08. The van der Waals surface area contributed by atoms with Crippen LogP contribution in [0.15, 0.2) is 59.6 Å². The number of guanidine groups is 1. The van der Waals surface area contributed by atoms with Crippen molar-refractivity contribution in [2.75, 3.05) is 20.1 Å².